The summed E-state index contributed by atoms with van der Waals surface area (Å²) in [5.41, 5.74) is 6.97. The zero-order valence-electron chi connectivity index (χ0n) is 21.5. The number of benzene rings is 3. The Morgan fingerprint density at radius 2 is 1.32 bits per heavy atom. The molecule has 38 heavy (non-hydrogen) atoms. The van der Waals surface area contributed by atoms with Crippen LogP contribution in [0.3, 0.4) is 0 Å². The third kappa shape index (κ3) is 4.46. The fraction of sp³-hybridized carbons (Fsp3) is 0.129. The van der Waals surface area contributed by atoms with E-state index in [1.165, 1.54) is 9.80 Å². The Morgan fingerprint density at radius 1 is 0.711 bits per heavy atom. The summed E-state index contributed by atoms with van der Waals surface area (Å²) in [6.07, 6.45) is 1.67. The van der Waals surface area contributed by atoms with Gasteiger partial charge in [-0.2, -0.15) is 0 Å². The average Bonchev–Trinajstić information content (AvgIpc) is 3.17. The number of thiocarbonyl (C=S) groups is 1. The number of hydrogen-bond acceptors (Lipinski definition) is 3. The minimum absolute atomic E-state index is 0.0389. The van der Waals surface area contributed by atoms with Crippen molar-refractivity contribution in [3.63, 3.8) is 0 Å². The molecule has 0 radical (unpaired) electrons. The van der Waals surface area contributed by atoms with Crippen LogP contribution in [0.2, 0.25) is 5.02 Å². The first-order valence-electron chi connectivity index (χ1n) is 12.2. The van der Waals surface area contributed by atoms with E-state index in [9.17, 15) is 9.59 Å². The van der Waals surface area contributed by atoms with Crippen molar-refractivity contribution in [1.29, 1.82) is 0 Å². The van der Waals surface area contributed by atoms with Crippen molar-refractivity contribution >= 4 is 58.2 Å². The van der Waals surface area contributed by atoms with Crippen LogP contribution in [-0.2, 0) is 9.59 Å². The minimum Gasteiger partial charge on any atom is -0.318 e. The molecule has 2 heterocycles. The summed E-state index contributed by atoms with van der Waals surface area (Å²) in [5.74, 6) is -0.908. The molecular weight excluding hydrogens is 514 g/mol. The van der Waals surface area contributed by atoms with E-state index in [4.69, 9.17) is 23.8 Å². The smallest absolute Gasteiger partial charge is 0.270 e. The van der Waals surface area contributed by atoms with Crippen LogP contribution in [0.25, 0.3) is 11.8 Å². The van der Waals surface area contributed by atoms with Crippen molar-refractivity contribution in [2.24, 2.45) is 0 Å². The van der Waals surface area contributed by atoms with Crippen molar-refractivity contribution < 1.29 is 9.59 Å². The molecule has 0 unspecified atom stereocenters. The molecule has 0 saturated carbocycles. The van der Waals surface area contributed by atoms with Gasteiger partial charge in [0.2, 0.25) is 0 Å². The fourth-order valence-electron chi connectivity index (χ4n) is 4.70. The summed E-state index contributed by atoms with van der Waals surface area (Å²) in [5, 5.41) is 0.776. The summed E-state index contributed by atoms with van der Waals surface area (Å²) in [4.78, 5) is 30.7. The zero-order valence-corrected chi connectivity index (χ0v) is 23.1. The lowest BCUT2D eigenvalue weighted by Gasteiger charge is -2.36. The van der Waals surface area contributed by atoms with Gasteiger partial charge in [0.1, 0.15) is 5.57 Å². The van der Waals surface area contributed by atoms with Crippen molar-refractivity contribution in [3.8, 4) is 5.69 Å². The highest BCUT2D eigenvalue weighted by Gasteiger charge is 2.41. The molecule has 1 saturated heterocycles. The van der Waals surface area contributed by atoms with Crippen molar-refractivity contribution in [2.75, 3.05) is 9.80 Å². The van der Waals surface area contributed by atoms with Crippen LogP contribution in [0.5, 0.6) is 0 Å². The number of rotatable bonds is 4. The average molecular weight is 540 g/mol. The van der Waals surface area contributed by atoms with Crippen LogP contribution < -0.4 is 9.80 Å². The number of aromatic nitrogens is 1. The molecular formula is C31H26ClN3O2S. The Labute approximate surface area is 232 Å². The lowest BCUT2D eigenvalue weighted by molar-refractivity contribution is -0.120. The Kier molecular flexibility index (Phi) is 6.78. The number of aryl methyl sites for hydroxylation is 3. The largest absolute Gasteiger partial charge is 0.318 e. The van der Waals surface area contributed by atoms with Crippen LogP contribution in [0.1, 0.15) is 28.1 Å². The molecule has 5 rings (SSSR count). The van der Waals surface area contributed by atoms with E-state index in [2.05, 4.69) is 4.57 Å². The lowest BCUT2D eigenvalue weighted by atomic mass is 10.0. The number of halogens is 1. The van der Waals surface area contributed by atoms with Gasteiger partial charge in [0.05, 0.1) is 11.4 Å². The SMILES string of the molecule is Cc1ccc(N2C(=O)C(=Cc3cc(C)n(-c4ccc(Cl)cc4)c3C)C(=O)N(c3ccccc3)C2=S)cc1C. The molecule has 0 aliphatic carbocycles. The molecule has 3 aromatic carbocycles. The molecule has 2 amide bonds. The third-order valence-electron chi connectivity index (χ3n) is 6.87. The second kappa shape index (κ2) is 10.0. The van der Waals surface area contributed by atoms with Crippen molar-refractivity contribution in [1.82, 2.24) is 4.57 Å². The second-order valence-electron chi connectivity index (χ2n) is 9.36. The van der Waals surface area contributed by atoms with Gasteiger partial charge in [-0.15, -0.1) is 0 Å². The number of anilines is 2. The Hall–Kier alpha value is -4.00. The Morgan fingerprint density at radius 3 is 1.95 bits per heavy atom. The number of carbonyl (C=O) groups is 2. The molecule has 0 atom stereocenters. The number of carbonyl (C=O) groups excluding carboxylic acids is 2. The highest BCUT2D eigenvalue weighted by atomic mass is 35.5. The van der Waals surface area contributed by atoms with Crippen LogP contribution in [0, 0.1) is 27.7 Å². The summed E-state index contributed by atoms with van der Waals surface area (Å²) >= 11 is 11.8. The predicted octanol–water partition coefficient (Wildman–Crippen LogP) is 7.11. The standard InChI is InChI=1S/C31H26ClN3O2S/c1-19-10-13-27(16-20(19)2)35-30(37)28(29(36)34(31(35)38)25-8-6-5-7-9-25)18-23-17-21(3)33(22(23)4)26-14-11-24(32)12-15-26/h5-18H,1-4H3. The first kappa shape index (κ1) is 25.6. The van der Waals surface area contributed by atoms with E-state index in [1.807, 2.05) is 107 Å². The van der Waals surface area contributed by atoms with Gasteiger partial charge >= 0.3 is 0 Å². The molecule has 1 fully saturated rings. The first-order valence-corrected chi connectivity index (χ1v) is 13.0. The number of para-hydroxylation sites is 1. The number of hydrogen-bond donors (Lipinski definition) is 0. The molecule has 5 nitrogen and oxygen atoms in total. The van der Waals surface area contributed by atoms with Gasteiger partial charge in [-0.25, -0.2) is 0 Å². The van der Waals surface area contributed by atoms with Gasteiger partial charge in [0, 0.05) is 22.1 Å². The zero-order chi connectivity index (χ0) is 27.1. The van der Waals surface area contributed by atoms with Crippen LogP contribution in [0.15, 0.2) is 84.4 Å². The van der Waals surface area contributed by atoms with E-state index >= 15 is 0 Å². The van der Waals surface area contributed by atoms with Gasteiger partial charge in [-0.1, -0.05) is 35.9 Å². The van der Waals surface area contributed by atoms with E-state index in [1.54, 1.807) is 6.08 Å². The maximum absolute atomic E-state index is 13.9. The number of nitrogens with zero attached hydrogens (tertiary/aromatic N) is 3. The minimum atomic E-state index is -0.456. The predicted molar refractivity (Wildman–Crippen MR) is 158 cm³/mol. The molecule has 4 aromatic rings. The fourth-order valence-corrected chi connectivity index (χ4v) is 5.21. The summed E-state index contributed by atoms with van der Waals surface area (Å²) in [6.45, 7) is 7.95. The van der Waals surface area contributed by atoms with E-state index in [-0.39, 0.29) is 10.7 Å². The molecule has 1 aliphatic heterocycles. The topological polar surface area (TPSA) is 45.6 Å². The molecule has 1 aromatic heterocycles. The molecule has 0 bridgehead atoms. The normalized spacial score (nSPS) is 15.1. The first-order chi connectivity index (χ1) is 18.2. The molecule has 0 N–H and O–H groups in total. The van der Waals surface area contributed by atoms with Gasteiger partial charge < -0.3 is 4.57 Å². The van der Waals surface area contributed by atoms with E-state index in [0.717, 1.165) is 33.8 Å². The number of amides is 2. The van der Waals surface area contributed by atoms with E-state index < -0.39 is 11.8 Å². The Balaban J connectivity index is 1.66. The highest BCUT2D eigenvalue weighted by Crippen LogP contribution is 2.32. The maximum atomic E-state index is 13.9. The van der Waals surface area contributed by atoms with Crippen LogP contribution in [-0.4, -0.2) is 21.5 Å². The molecule has 7 heteroatoms. The van der Waals surface area contributed by atoms with Crippen molar-refractivity contribution in [2.45, 2.75) is 27.7 Å². The van der Waals surface area contributed by atoms with Gasteiger partial charge in [0.25, 0.3) is 11.8 Å². The van der Waals surface area contributed by atoms with Crippen molar-refractivity contribution in [3.05, 3.63) is 118 Å². The van der Waals surface area contributed by atoms with Gasteiger partial charge in [-0.3, -0.25) is 19.4 Å². The van der Waals surface area contributed by atoms with E-state index in [0.29, 0.717) is 16.4 Å². The summed E-state index contributed by atoms with van der Waals surface area (Å²) < 4.78 is 2.07. The summed E-state index contributed by atoms with van der Waals surface area (Å²) in [7, 11) is 0. The quantitative estimate of drug-likeness (QED) is 0.158. The lowest BCUT2D eigenvalue weighted by Crippen LogP contribution is -2.57. The molecule has 0 spiro atoms. The van der Waals surface area contributed by atoms with Crippen LogP contribution in [0.4, 0.5) is 11.4 Å². The maximum Gasteiger partial charge on any atom is 0.270 e. The van der Waals surface area contributed by atoms with Crippen LogP contribution >= 0.6 is 23.8 Å². The van der Waals surface area contributed by atoms with Gasteiger partial charge in [0.15, 0.2) is 5.11 Å². The second-order valence-corrected chi connectivity index (χ2v) is 10.2. The summed E-state index contributed by atoms with van der Waals surface area (Å²) in [6, 6.07) is 24.4. The van der Waals surface area contributed by atoms with Gasteiger partial charge in [-0.05, 0) is 117 Å². The molecule has 1 aliphatic rings. The molecule has 190 valence electrons. The Bertz CT molecular complexity index is 1620. The monoisotopic (exact) mass is 539 g/mol. The highest BCUT2D eigenvalue weighted by molar-refractivity contribution is 7.81. The third-order valence-corrected chi connectivity index (χ3v) is 7.48.